The summed E-state index contributed by atoms with van der Waals surface area (Å²) < 4.78 is 19.5. The Morgan fingerprint density at radius 1 is 1.32 bits per heavy atom. The van der Waals surface area contributed by atoms with Crippen molar-refractivity contribution in [2.75, 3.05) is 5.73 Å². The Morgan fingerprint density at radius 2 is 2.16 bits per heavy atom. The molecule has 0 aliphatic rings. The number of aromatic nitrogens is 2. The molecule has 0 saturated carbocycles. The minimum atomic E-state index is -0.398. The maximum Gasteiger partial charge on any atom is 0.240 e. The maximum absolute atomic E-state index is 13.0. The zero-order valence-electron chi connectivity index (χ0n) is 10.1. The van der Waals surface area contributed by atoms with Crippen LogP contribution in [0.15, 0.2) is 29.9 Å². The fourth-order valence-electron chi connectivity index (χ4n) is 1.74. The first-order valence-electron chi connectivity index (χ1n) is 5.57. The Balaban J connectivity index is 2.06. The van der Waals surface area contributed by atoms with Gasteiger partial charge in [0.1, 0.15) is 16.8 Å². The SMILES string of the molecule is Cc1csc2c(Oc3ccc(F)cc3N)ncnc12. The third kappa shape index (κ3) is 2.10. The van der Waals surface area contributed by atoms with Crippen LogP contribution in [0.1, 0.15) is 5.56 Å². The van der Waals surface area contributed by atoms with Gasteiger partial charge in [-0.2, -0.15) is 0 Å². The summed E-state index contributed by atoms with van der Waals surface area (Å²) in [5.74, 6) is 0.415. The quantitative estimate of drug-likeness (QED) is 0.727. The van der Waals surface area contributed by atoms with Crippen LogP contribution in [0, 0.1) is 12.7 Å². The maximum atomic E-state index is 13.0. The number of ether oxygens (including phenoxy) is 1. The van der Waals surface area contributed by atoms with E-state index < -0.39 is 5.82 Å². The number of aryl methyl sites for hydroxylation is 1. The minimum absolute atomic E-state index is 0.236. The predicted octanol–water partition coefficient (Wildman–Crippen LogP) is 3.51. The molecule has 0 amide bonds. The van der Waals surface area contributed by atoms with Gasteiger partial charge < -0.3 is 10.5 Å². The first-order chi connectivity index (χ1) is 9.15. The first kappa shape index (κ1) is 11.9. The number of nitrogen functional groups attached to an aromatic ring is 1. The Kier molecular flexibility index (Phi) is 2.79. The summed E-state index contributed by atoms with van der Waals surface area (Å²) in [6.07, 6.45) is 1.44. The Labute approximate surface area is 112 Å². The summed E-state index contributed by atoms with van der Waals surface area (Å²) in [6.45, 7) is 1.97. The molecule has 0 fully saturated rings. The fourth-order valence-corrected chi connectivity index (χ4v) is 2.66. The molecule has 4 nitrogen and oxygen atoms in total. The van der Waals surface area contributed by atoms with Crippen molar-refractivity contribution in [2.24, 2.45) is 0 Å². The molecule has 3 rings (SSSR count). The molecular weight excluding hydrogens is 265 g/mol. The van der Waals surface area contributed by atoms with Gasteiger partial charge in [0.2, 0.25) is 5.88 Å². The third-order valence-corrected chi connectivity index (χ3v) is 3.75. The van der Waals surface area contributed by atoms with E-state index in [1.54, 1.807) is 0 Å². The molecule has 0 atom stereocenters. The molecule has 0 saturated heterocycles. The monoisotopic (exact) mass is 275 g/mol. The molecule has 0 unspecified atom stereocenters. The molecular formula is C13H10FN3OS. The van der Waals surface area contributed by atoms with Crippen LogP contribution in [0.25, 0.3) is 10.2 Å². The number of thiophene rings is 1. The molecule has 0 aliphatic carbocycles. The second kappa shape index (κ2) is 4.47. The second-order valence-electron chi connectivity index (χ2n) is 4.06. The number of nitrogens with two attached hydrogens (primary N) is 1. The molecule has 2 aromatic heterocycles. The predicted molar refractivity (Wildman–Crippen MR) is 73.0 cm³/mol. The molecule has 3 aromatic rings. The molecule has 2 N–H and O–H groups in total. The number of hydrogen-bond donors (Lipinski definition) is 1. The van der Waals surface area contributed by atoms with E-state index in [1.165, 1.54) is 35.9 Å². The van der Waals surface area contributed by atoms with E-state index in [9.17, 15) is 4.39 Å². The number of rotatable bonds is 2. The van der Waals surface area contributed by atoms with Gasteiger partial charge >= 0.3 is 0 Å². The third-order valence-electron chi connectivity index (χ3n) is 2.68. The summed E-state index contributed by atoms with van der Waals surface area (Å²) in [7, 11) is 0. The van der Waals surface area contributed by atoms with Gasteiger partial charge in [0.25, 0.3) is 0 Å². The summed E-state index contributed by atoms with van der Waals surface area (Å²) in [5, 5.41) is 1.99. The molecule has 0 bridgehead atoms. The van der Waals surface area contributed by atoms with E-state index in [4.69, 9.17) is 10.5 Å². The zero-order chi connectivity index (χ0) is 13.4. The summed E-state index contributed by atoms with van der Waals surface area (Å²) >= 11 is 1.50. The summed E-state index contributed by atoms with van der Waals surface area (Å²) in [5.41, 5.74) is 7.88. The van der Waals surface area contributed by atoms with E-state index in [2.05, 4.69) is 9.97 Å². The highest BCUT2D eigenvalue weighted by atomic mass is 32.1. The standard InChI is InChI=1S/C13H10FN3OS/c1-7-5-19-12-11(7)16-6-17-13(12)18-10-3-2-8(14)4-9(10)15/h2-6H,15H2,1H3. The second-order valence-corrected chi connectivity index (χ2v) is 4.94. The van der Waals surface area contributed by atoms with Gasteiger partial charge in [0.05, 0.1) is 11.2 Å². The topological polar surface area (TPSA) is 61.0 Å². The normalized spacial score (nSPS) is 10.8. The van der Waals surface area contributed by atoms with Crippen LogP contribution < -0.4 is 10.5 Å². The summed E-state index contributed by atoms with van der Waals surface area (Å²) in [6, 6.07) is 4.00. The lowest BCUT2D eigenvalue weighted by Gasteiger charge is -2.07. The Bertz CT molecular complexity index is 757. The van der Waals surface area contributed by atoms with Crippen LogP contribution in [0.3, 0.4) is 0 Å². The molecule has 19 heavy (non-hydrogen) atoms. The Hall–Kier alpha value is -2.21. The van der Waals surface area contributed by atoms with Crippen molar-refractivity contribution in [3.05, 3.63) is 41.3 Å². The van der Waals surface area contributed by atoms with Crippen LogP contribution >= 0.6 is 11.3 Å². The average Bonchev–Trinajstić information content (AvgIpc) is 2.76. The smallest absolute Gasteiger partial charge is 0.240 e. The van der Waals surface area contributed by atoms with Crippen LogP contribution in [-0.4, -0.2) is 9.97 Å². The number of hydrogen-bond acceptors (Lipinski definition) is 5. The number of fused-ring (bicyclic) bond motifs is 1. The van der Waals surface area contributed by atoms with Crippen molar-refractivity contribution in [1.29, 1.82) is 0 Å². The van der Waals surface area contributed by atoms with Crippen molar-refractivity contribution in [3.8, 4) is 11.6 Å². The highest BCUT2D eigenvalue weighted by Crippen LogP contribution is 2.34. The van der Waals surface area contributed by atoms with Crippen LogP contribution in [0.2, 0.25) is 0 Å². The van der Waals surface area contributed by atoms with Crippen molar-refractivity contribution >= 4 is 27.2 Å². The lowest BCUT2D eigenvalue weighted by Crippen LogP contribution is -1.95. The van der Waals surface area contributed by atoms with Crippen LogP contribution in [-0.2, 0) is 0 Å². The molecule has 1 aromatic carbocycles. The van der Waals surface area contributed by atoms with Crippen molar-refractivity contribution in [1.82, 2.24) is 9.97 Å². The van der Waals surface area contributed by atoms with Gasteiger partial charge in [-0.05, 0) is 30.0 Å². The van der Waals surface area contributed by atoms with Crippen molar-refractivity contribution in [2.45, 2.75) is 6.92 Å². The van der Waals surface area contributed by atoms with Crippen molar-refractivity contribution in [3.63, 3.8) is 0 Å². The van der Waals surface area contributed by atoms with Gasteiger partial charge in [-0.25, -0.2) is 14.4 Å². The number of halogens is 1. The molecule has 96 valence electrons. The van der Waals surface area contributed by atoms with E-state index in [-0.39, 0.29) is 5.69 Å². The average molecular weight is 275 g/mol. The Morgan fingerprint density at radius 3 is 2.95 bits per heavy atom. The van der Waals surface area contributed by atoms with Gasteiger partial charge in [-0.1, -0.05) is 0 Å². The largest absolute Gasteiger partial charge is 0.435 e. The van der Waals surface area contributed by atoms with Gasteiger partial charge in [-0.3, -0.25) is 0 Å². The van der Waals surface area contributed by atoms with Gasteiger partial charge in [0.15, 0.2) is 5.75 Å². The molecule has 0 spiro atoms. The lowest BCUT2D eigenvalue weighted by molar-refractivity contribution is 0.469. The van der Waals surface area contributed by atoms with Crippen molar-refractivity contribution < 1.29 is 9.13 Å². The highest BCUT2D eigenvalue weighted by Gasteiger charge is 2.11. The zero-order valence-corrected chi connectivity index (χ0v) is 10.9. The van der Waals surface area contributed by atoms with E-state index in [1.807, 2.05) is 12.3 Å². The number of nitrogens with zero attached hydrogens (tertiary/aromatic N) is 2. The van der Waals surface area contributed by atoms with Crippen LogP contribution in [0.5, 0.6) is 11.6 Å². The van der Waals surface area contributed by atoms with E-state index in [0.29, 0.717) is 11.6 Å². The molecule has 0 radical (unpaired) electrons. The lowest BCUT2D eigenvalue weighted by atomic mass is 10.3. The molecule has 0 aliphatic heterocycles. The molecule has 2 heterocycles. The van der Waals surface area contributed by atoms with Gasteiger partial charge in [-0.15, -0.1) is 11.3 Å². The van der Waals surface area contributed by atoms with E-state index in [0.717, 1.165) is 15.8 Å². The highest BCUT2D eigenvalue weighted by molar-refractivity contribution is 7.17. The number of anilines is 1. The first-order valence-corrected chi connectivity index (χ1v) is 6.45. The minimum Gasteiger partial charge on any atom is -0.435 e. The molecule has 6 heteroatoms. The van der Waals surface area contributed by atoms with Crippen LogP contribution in [0.4, 0.5) is 10.1 Å². The fraction of sp³-hybridized carbons (Fsp3) is 0.0769. The van der Waals surface area contributed by atoms with E-state index >= 15 is 0 Å². The summed E-state index contributed by atoms with van der Waals surface area (Å²) in [4.78, 5) is 8.31. The van der Waals surface area contributed by atoms with Gasteiger partial charge in [0, 0.05) is 6.07 Å². The number of benzene rings is 1.